The summed E-state index contributed by atoms with van der Waals surface area (Å²) in [6.45, 7) is 1.83. The molecule has 4 N–H and O–H groups in total. The van der Waals surface area contributed by atoms with Crippen molar-refractivity contribution in [2.24, 2.45) is 5.92 Å². The molecule has 3 aromatic rings. The molecule has 0 bridgehead atoms. The first-order chi connectivity index (χ1) is 16.0. The Labute approximate surface area is 225 Å². The highest BCUT2D eigenvalue weighted by Crippen LogP contribution is 2.65. The summed E-state index contributed by atoms with van der Waals surface area (Å²) in [7, 11) is 0. The fraction of sp³-hybridized carbons (Fsp3) is 0.167. The number of carbonyl (C=O) groups excluding carboxylic acids is 2. The van der Waals surface area contributed by atoms with Crippen LogP contribution in [0, 0.1) is 12.8 Å². The van der Waals surface area contributed by atoms with Crippen molar-refractivity contribution in [1.82, 2.24) is 0 Å². The van der Waals surface area contributed by atoms with Crippen LogP contribution in [0.1, 0.15) is 27.4 Å². The number of benzene rings is 3. The molecule has 4 rings (SSSR count). The van der Waals surface area contributed by atoms with Gasteiger partial charge in [-0.05, 0) is 82.5 Å². The van der Waals surface area contributed by atoms with Crippen LogP contribution in [0.3, 0.4) is 0 Å². The number of nitrogens with one attached hydrogen (secondary N) is 2. The summed E-state index contributed by atoms with van der Waals surface area (Å²) in [6.07, 6.45) is 0. The number of hydrogen-bond acceptors (Lipinski definition) is 3. The minimum absolute atomic E-state index is 0.200. The van der Waals surface area contributed by atoms with Crippen LogP contribution in [0.4, 0.5) is 17.1 Å². The van der Waals surface area contributed by atoms with Crippen LogP contribution in [0.25, 0.3) is 0 Å². The van der Waals surface area contributed by atoms with Crippen molar-refractivity contribution in [3.63, 3.8) is 0 Å². The number of carbonyl (C=O) groups is 2. The van der Waals surface area contributed by atoms with Gasteiger partial charge < -0.3 is 16.4 Å². The van der Waals surface area contributed by atoms with E-state index in [1.807, 2.05) is 13.0 Å². The maximum atomic E-state index is 13.0. The summed E-state index contributed by atoms with van der Waals surface area (Å²) < 4.78 is -0.545. The van der Waals surface area contributed by atoms with E-state index in [0.29, 0.717) is 22.1 Å². The SMILES string of the molecule is Cc1cc(N)ccc1NC(=O)c1cc(NC(=O)[C@@H]2[C@@H](c3ccc(Br)c(Cl)c3)C2(Cl)Cl)ccc1Cl. The summed E-state index contributed by atoms with van der Waals surface area (Å²) in [5.41, 5.74) is 9.12. The second kappa shape index (κ2) is 9.59. The minimum atomic E-state index is -1.28. The molecule has 5 nitrogen and oxygen atoms in total. The molecule has 2 atom stereocenters. The summed E-state index contributed by atoms with van der Waals surface area (Å²) in [4.78, 5) is 25.8. The highest BCUT2D eigenvalue weighted by molar-refractivity contribution is 9.10. The van der Waals surface area contributed by atoms with E-state index >= 15 is 0 Å². The van der Waals surface area contributed by atoms with Crippen molar-refractivity contribution in [2.75, 3.05) is 16.4 Å². The highest BCUT2D eigenvalue weighted by atomic mass is 79.9. The molecule has 0 spiro atoms. The van der Waals surface area contributed by atoms with E-state index in [1.165, 1.54) is 12.1 Å². The molecule has 34 heavy (non-hydrogen) atoms. The lowest BCUT2D eigenvalue weighted by atomic mass is 10.1. The number of nitrogen functional groups attached to an aromatic ring is 1. The van der Waals surface area contributed by atoms with Crippen molar-refractivity contribution in [3.05, 3.63) is 85.8 Å². The fourth-order valence-electron chi connectivity index (χ4n) is 3.79. The number of amides is 2. The summed E-state index contributed by atoms with van der Waals surface area (Å²) in [5, 5.41) is 6.33. The lowest BCUT2D eigenvalue weighted by Gasteiger charge is -2.12. The molecule has 1 aliphatic carbocycles. The fourth-order valence-corrected chi connectivity index (χ4v) is 5.25. The van der Waals surface area contributed by atoms with Gasteiger partial charge in [0.25, 0.3) is 5.91 Å². The number of nitrogens with two attached hydrogens (primary N) is 1. The molecule has 2 amide bonds. The first kappa shape index (κ1) is 25.1. The molecule has 0 aromatic heterocycles. The molecule has 10 heteroatoms. The normalized spacial score (nSPS) is 18.3. The van der Waals surface area contributed by atoms with E-state index in [0.717, 1.165) is 15.6 Å². The molecule has 0 radical (unpaired) electrons. The van der Waals surface area contributed by atoms with E-state index in [9.17, 15) is 9.59 Å². The Kier molecular flexibility index (Phi) is 7.09. The largest absolute Gasteiger partial charge is 0.399 e. The van der Waals surface area contributed by atoms with Crippen molar-refractivity contribution >= 4 is 91.2 Å². The van der Waals surface area contributed by atoms with E-state index < -0.39 is 22.1 Å². The average Bonchev–Trinajstić information content (AvgIpc) is 3.35. The lowest BCUT2D eigenvalue weighted by Crippen LogP contribution is -2.18. The van der Waals surface area contributed by atoms with Crippen LogP contribution >= 0.6 is 62.3 Å². The number of alkyl halides is 2. The molecule has 0 heterocycles. The summed E-state index contributed by atoms with van der Waals surface area (Å²) in [6, 6.07) is 15.1. The van der Waals surface area contributed by atoms with Gasteiger partial charge in [-0.25, -0.2) is 0 Å². The Hall–Kier alpha value is -1.96. The Morgan fingerprint density at radius 1 is 0.971 bits per heavy atom. The van der Waals surface area contributed by atoms with E-state index in [1.54, 1.807) is 36.4 Å². The van der Waals surface area contributed by atoms with Gasteiger partial charge in [0.1, 0.15) is 4.33 Å². The van der Waals surface area contributed by atoms with Gasteiger partial charge in [0, 0.05) is 27.5 Å². The molecular weight excluding hydrogens is 584 g/mol. The zero-order valence-electron chi connectivity index (χ0n) is 17.6. The maximum absolute atomic E-state index is 13.0. The van der Waals surface area contributed by atoms with Crippen LogP contribution in [0.15, 0.2) is 59.1 Å². The Balaban J connectivity index is 1.51. The molecule has 1 aliphatic rings. The number of halogens is 5. The summed E-state index contributed by atoms with van der Waals surface area (Å²) in [5.74, 6) is -1.92. The predicted octanol–water partition coefficient (Wildman–Crippen LogP) is 7.42. The van der Waals surface area contributed by atoms with Gasteiger partial charge in [-0.1, -0.05) is 29.3 Å². The predicted molar refractivity (Wildman–Crippen MR) is 143 cm³/mol. The smallest absolute Gasteiger partial charge is 0.257 e. The van der Waals surface area contributed by atoms with Crippen LogP contribution in [-0.4, -0.2) is 16.1 Å². The number of rotatable bonds is 5. The second-order valence-electron chi connectivity index (χ2n) is 8.02. The van der Waals surface area contributed by atoms with Crippen molar-refractivity contribution in [3.8, 4) is 0 Å². The lowest BCUT2D eigenvalue weighted by molar-refractivity contribution is -0.117. The van der Waals surface area contributed by atoms with Crippen LogP contribution in [0.2, 0.25) is 10.0 Å². The molecule has 0 aliphatic heterocycles. The minimum Gasteiger partial charge on any atom is -0.399 e. The van der Waals surface area contributed by atoms with Crippen LogP contribution in [0.5, 0.6) is 0 Å². The zero-order chi connectivity index (χ0) is 24.8. The molecule has 3 aromatic carbocycles. The Bertz CT molecular complexity index is 1320. The van der Waals surface area contributed by atoms with Gasteiger partial charge in [0.05, 0.1) is 21.5 Å². The Morgan fingerprint density at radius 2 is 1.71 bits per heavy atom. The number of anilines is 3. The number of aryl methyl sites for hydroxylation is 1. The van der Waals surface area contributed by atoms with Gasteiger partial charge in [-0.3, -0.25) is 9.59 Å². The first-order valence-corrected chi connectivity index (χ1v) is 12.4. The van der Waals surface area contributed by atoms with Gasteiger partial charge in [-0.2, -0.15) is 0 Å². The third kappa shape index (κ3) is 5.02. The third-order valence-electron chi connectivity index (χ3n) is 5.62. The van der Waals surface area contributed by atoms with Gasteiger partial charge in [-0.15, -0.1) is 23.2 Å². The van der Waals surface area contributed by atoms with Gasteiger partial charge in [0.15, 0.2) is 0 Å². The van der Waals surface area contributed by atoms with E-state index in [4.69, 9.17) is 52.1 Å². The second-order valence-corrected chi connectivity index (χ2v) is 11.1. The quantitative estimate of drug-likeness (QED) is 0.210. The van der Waals surface area contributed by atoms with Gasteiger partial charge >= 0.3 is 0 Å². The van der Waals surface area contributed by atoms with Crippen molar-refractivity contribution in [2.45, 2.75) is 17.2 Å². The standard InChI is InChI=1S/C24H18BrCl4N3O2/c1-11-8-13(30)3-7-19(11)32-22(33)15-10-14(4-6-17(15)26)31-23(34)21-20(24(21,28)29)12-2-5-16(25)18(27)9-12/h2-10,20-21H,30H2,1H3,(H,31,34)(H,32,33)/t20-,21+/m1/s1. The van der Waals surface area contributed by atoms with E-state index in [2.05, 4.69) is 26.6 Å². The van der Waals surface area contributed by atoms with E-state index in [-0.39, 0.29) is 16.5 Å². The molecule has 176 valence electrons. The van der Waals surface area contributed by atoms with Crippen molar-refractivity contribution < 1.29 is 9.59 Å². The molecule has 0 unspecified atom stereocenters. The van der Waals surface area contributed by atoms with Crippen molar-refractivity contribution in [1.29, 1.82) is 0 Å². The van der Waals surface area contributed by atoms with Crippen LogP contribution in [-0.2, 0) is 4.79 Å². The third-order valence-corrected chi connectivity index (χ3v) is 8.12. The molecule has 1 saturated carbocycles. The molecule has 0 saturated heterocycles. The zero-order valence-corrected chi connectivity index (χ0v) is 22.2. The Morgan fingerprint density at radius 3 is 2.38 bits per heavy atom. The monoisotopic (exact) mass is 599 g/mol. The summed E-state index contributed by atoms with van der Waals surface area (Å²) >= 11 is 28.7. The highest BCUT2D eigenvalue weighted by Gasteiger charge is 2.67. The topological polar surface area (TPSA) is 84.2 Å². The molecular formula is C24H18BrCl4N3O2. The van der Waals surface area contributed by atoms with Gasteiger partial charge in [0.2, 0.25) is 5.91 Å². The maximum Gasteiger partial charge on any atom is 0.257 e. The number of hydrogen-bond donors (Lipinski definition) is 3. The first-order valence-electron chi connectivity index (χ1n) is 10.1. The van der Waals surface area contributed by atoms with Crippen LogP contribution < -0.4 is 16.4 Å². The average molecular weight is 602 g/mol. The molecule has 1 fully saturated rings.